The van der Waals surface area contributed by atoms with Crippen molar-refractivity contribution in [1.29, 1.82) is 0 Å². The van der Waals surface area contributed by atoms with Gasteiger partial charge in [0.15, 0.2) is 0 Å². The van der Waals surface area contributed by atoms with Crippen LogP contribution in [0.2, 0.25) is 0 Å². The number of nitrogens with zero attached hydrogens (tertiary/aromatic N) is 1. The largest absolute Gasteiger partial charge is 0.299 e. The van der Waals surface area contributed by atoms with Crippen LogP contribution in [-0.2, 0) is 4.79 Å². The van der Waals surface area contributed by atoms with Gasteiger partial charge in [0.1, 0.15) is 5.78 Å². The lowest BCUT2D eigenvalue weighted by molar-refractivity contribution is -0.128. The van der Waals surface area contributed by atoms with Crippen molar-refractivity contribution < 1.29 is 4.79 Å². The second-order valence-corrected chi connectivity index (χ2v) is 8.74. The third-order valence-corrected chi connectivity index (χ3v) is 6.17. The van der Waals surface area contributed by atoms with Crippen molar-refractivity contribution in [2.75, 3.05) is 13.1 Å². The van der Waals surface area contributed by atoms with Crippen molar-refractivity contribution in [1.82, 2.24) is 4.90 Å². The molecule has 1 aliphatic heterocycles. The molecule has 0 amide bonds. The Morgan fingerprint density at radius 1 is 1.11 bits per heavy atom. The van der Waals surface area contributed by atoms with E-state index in [1.165, 1.54) is 38.8 Å². The van der Waals surface area contributed by atoms with E-state index >= 15 is 0 Å². The Morgan fingerprint density at radius 3 is 2.05 bits per heavy atom. The lowest BCUT2D eigenvalue weighted by Gasteiger charge is -2.46. The zero-order valence-corrected chi connectivity index (χ0v) is 14.8. The number of rotatable bonds is 3. The molecule has 1 unspecified atom stereocenters. The van der Waals surface area contributed by atoms with Crippen molar-refractivity contribution in [3.05, 3.63) is 0 Å². The van der Waals surface area contributed by atoms with Crippen molar-refractivity contribution in [3.63, 3.8) is 0 Å². The Labute approximate surface area is 131 Å². The van der Waals surface area contributed by atoms with Crippen molar-refractivity contribution in [2.45, 2.75) is 63.3 Å². The third-order valence-electron chi connectivity index (χ3n) is 5.38. The van der Waals surface area contributed by atoms with Gasteiger partial charge in [-0.2, -0.15) is 0 Å². The summed E-state index contributed by atoms with van der Waals surface area (Å²) in [5.74, 6) is 1.10. The van der Waals surface area contributed by atoms with Crippen LogP contribution in [0.3, 0.4) is 0 Å². The summed E-state index contributed by atoms with van der Waals surface area (Å²) in [6, 6.07) is 0. The van der Waals surface area contributed by atoms with Crippen LogP contribution in [0.1, 0.15) is 59.3 Å². The highest BCUT2D eigenvalue weighted by Gasteiger charge is 2.40. The first-order valence-electron chi connectivity index (χ1n) is 7.85. The highest BCUT2D eigenvalue weighted by Crippen LogP contribution is 2.47. The molecule has 0 bridgehead atoms. The Kier molecular flexibility index (Phi) is 5.32. The smallest absolute Gasteiger partial charge is 0.138 e. The van der Waals surface area contributed by atoms with E-state index in [0.29, 0.717) is 21.2 Å². The Bertz CT molecular complexity index is 309. The molecular weight excluding hydrogens is 349 g/mol. The summed E-state index contributed by atoms with van der Waals surface area (Å²) in [6.45, 7) is 8.90. The number of alkyl halides is 1. The molecule has 1 aliphatic carbocycles. The van der Waals surface area contributed by atoms with Crippen molar-refractivity contribution in [3.8, 4) is 0 Å². The van der Waals surface area contributed by atoms with Gasteiger partial charge in [-0.3, -0.25) is 9.69 Å². The zero-order chi connectivity index (χ0) is 14.0. The first-order chi connectivity index (χ1) is 8.93. The maximum atomic E-state index is 12.1. The Morgan fingerprint density at radius 2 is 1.63 bits per heavy atom. The molecule has 1 saturated carbocycles. The Balaban J connectivity index is 1.85. The van der Waals surface area contributed by atoms with Gasteiger partial charge in [-0.15, -0.1) is 0 Å². The van der Waals surface area contributed by atoms with Crippen LogP contribution in [0.25, 0.3) is 0 Å². The topological polar surface area (TPSA) is 20.3 Å². The van der Waals surface area contributed by atoms with Crippen LogP contribution in [0.4, 0.5) is 0 Å². The molecule has 3 heteroatoms. The summed E-state index contributed by atoms with van der Waals surface area (Å²) in [4.78, 5) is 14.7. The lowest BCUT2D eigenvalue weighted by Crippen LogP contribution is -2.44. The second-order valence-electron chi connectivity index (χ2n) is 6.94. The molecule has 0 N–H and O–H groups in total. The fourth-order valence-electron chi connectivity index (χ4n) is 3.84. The molecule has 1 heterocycles. The second kappa shape index (κ2) is 6.42. The number of carbonyl (C=O) groups is 1. The molecule has 2 nitrogen and oxygen atoms in total. The van der Waals surface area contributed by atoms with Gasteiger partial charge in [-0.25, -0.2) is 0 Å². The SMILES string of the molecule is CC(C)C(=O)C1CCC2(CC1)CCN(C(C)I)CC2. The van der Waals surface area contributed by atoms with E-state index in [4.69, 9.17) is 0 Å². The van der Waals surface area contributed by atoms with Gasteiger partial charge in [-0.1, -0.05) is 36.4 Å². The molecular formula is C16H28INO. The van der Waals surface area contributed by atoms with Crippen molar-refractivity contribution in [2.24, 2.45) is 17.3 Å². The van der Waals surface area contributed by atoms with Crippen LogP contribution in [0.5, 0.6) is 0 Å². The highest BCUT2D eigenvalue weighted by molar-refractivity contribution is 14.1. The van der Waals surface area contributed by atoms with E-state index in [0.717, 1.165) is 12.8 Å². The van der Waals surface area contributed by atoms with Crippen LogP contribution in [-0.4, -0.2) is 27.8 Å². The minimum Gasteiger partial charge on any atom is -0.299 e. The lowest BCUT2D eigenvalue weighted by atomic mass is 9.64. The normalized spacial score (nSPS) is 26.8. The fourth-order valence-corrected chi connectivity index (χ4v) is 4.40. The minimum atomic E-state index is 0.223. The molecule has 19 heavy (non-hydrogen) atoms. The quantitative estimate of drug-likeness (QED) is 0.416. The summed E-state index contributed by atoms with van der Waals surface area (Å²) in [7, 11) is 0. The van der Waals surface area contributed by atoms with Gasteiger partial charge in [0.25, 0.3) is 0 Å². The van der Waals surface area contributed by atoms with E-state index < -0.39 is 0 Å². The maximum Gasteiger partial charge on any atom is 0.138 e. The number of carbonyl (C=O) groups excluding carboxylic acids is 1. The third kappa shape index (κ3) is 3.72. The monoisotopic (exact) mass is 377 g/mol. The molecule has 2 rings (SSSR count). The minimum absolute atomic E-state index is 0.223. The summed E-state index contributed by atoms with van der Waals surface area (Å²) in [5.41, 5.74) is 0.579. The number of piperidine rings is 1. The number of hydrogen-bond acceptors (Lipinski definition) is 2. The molecule has 1 atom stereocenters. The number of hydrogen-bond donors (Lipinski definition) is 0. The fraction of sp³-hybridized carbons (Fsp3) is 0.938. The van der Waals surface area contributed by atoms with Gasteiger partial charge < -0.3 is 0 Å². The van der Waals surface area contributed by atoms with E-state index in [1.54, 1.807) is 0 Å². The number of halogens is 1. The molecule has 1 spiro atoms. The molecule has 0 aromatic rings. The highest BCUT2D eigenvalue weighted by atomic mass is 127. The molecule has 0 aromatic carbocycles. The molecule has 1 saturated heterocycles. The Hall–Kier alpha value is 0.360. The van der Waals surface area contributed by atoms with Gasteiger partial charge >= 0.3 is 0 Å². The van der Waals surface area contributed by atoms with Gasteiger partial charge in [0.2, 0.25) is 0 Å². The summed E-state index contributed by atoms with van der Waals surface area (Å²) >= 11 is 2.52. The van der Waals surface area contributed by atoms with Crippen LogP contribution in [0.15, 0.2) is 0 Å². The van der Waals surface area contributed by atoms with Gasteiger partial charge in [-0.05, 0) is 64.0 Å². The van der Waals surface area contributed by atoms with Gasteiger partial charge in [0.05, 0.1) is 4.05 Å². The molecule has 110 valence electrons. The number of ketones is 1. The molecule has 2 aliphatic rings. The average molecular weight is 377 g/mol. The summed E-state index contributed by atoms with van der Waals surface area (Å²) < 4.78 is 0.661. The van der Waals surface area contributed by atoms with E-state index in [1.807, 2.05) is 13.8 Å². The summed E-state index contributed by atoms with van der Waals surface area (Å²) in [6.07, 6.45) is 7.58. The number of Topliss-reactive ketones (excluding diaryl/α,β-unsaturated/α-hetero) is 1. The number of likely N-dealkylation sites (tertiary alicyclic amines) is 1. The first-order valence-corrected chi connectivity index (χ1v) is 9.10. The van der Waals surface area contributed by atoms with Crippen molar-refractivity contribution >= 4 is 28.4 Å². The molecule has 0 radical (unpaired) electrons. The van der Waals surface area contributed by atoms with E-state index in [-0.39, 0.29) is 5.92 Å². The van der Waals surface area contributed by atoms with E-state index in [2.05, 4.69) is 34.4 Å². The van der Waals surface area contributed by atoms with Crippen LogP contribution >= 0.6 is 22.6 Å². The standard InChI is InChI=1S/C16H28INO/c1-12(2)15(19)14-4-6-16(7-5-14)8-10-18(11-9-16)13(3)17/h12-14H,4-11H2,1-3H3. The van der Waals surface area contributed by atoms with E-state index in [9.17, 15) is 4.79 Å². The van der Waals surface area contributed by atoms with Crippen LogP contribution in [0, 0.1) is 17.3 Å². The zero-order valence-electron chi connectivity index (χ0n) is 12.6. The summed E-state index contributed by atoms with van der Waals surface area (Å²) in [5, 5.41) is 0. The average Bonchev–Trinajstić information content (AvgIpc) is 2.39. The predicted octanol–water partition coefficient (Wildman–Crippen LogP) is 4.26. The van der Waals surface area contributed by atoms with Gasteiger partial charge in [0, 0.05) is 11.8 Å². The predicted molar refractivity (Wildman–Crippen MR) is 88.5 cm³/mol. The molecule has 0 aromatic heterocycles. The molecule has 2 fully saturated rings. The van der Waals surface area contributed by atoms with Crippen LogP contribution < -0.4 is 0 Å². The first kappa shape index (κ1) is 15.7. The maximum absolute atomic E-state index is 12.1.